The second-order valence-corrected chi connectivity index (χ2v) is 25.7. The molecule has 19 rings (SSSR count). The normalized spacial score (nSPS) is 11.8. The lowest BCUT2D eigenvalue weighted by Crippen LogP contribution is -2.05. The molecular weight excluding hydrogens is 1190 g/mol. The summed E-state index contributed by atoms with van der Waals surface area (Å²) in [7, 11) is 0. The highest BCUT2D eigenvalue weighted by molar-refractivity contribution is 6.16. The van der Waals surface area contributed by atoms with Crippen LogP contribution in [0.4, 0.5) is 0 Å². The predicted octanol–water partition coefficient (Wildman–Crippen LogP) is 24.0. The number of benzene rings is 14. The molecule has 0 bridgehead atoms. The Kier molecular flexibility index (Phi) is 13.0. The molecule has 19 aromatic rings. The third-order valence-electron chi connectivity index (χ3n) is 20.3. The summed E-state index contributed by atoms with van der Waals surface area (Å²) in [5.41, 5.74) is 27.2. The van der Waals surface area contributed by atoms with Crippen LogP contribution in [0.2, 0.25) is 0 Å². The minimum atomic E-state index is 0.557. The van der Waals surface area contributed by atoms with E-state index < -0.39 is 0 Å². The van der Waals surface area contributed by atoms with Crippen LogP contribution >= 0.6 is 0 Å². The van der Waals surface area contributed by atoms with E-state index in [-0.39, 0.29) is 0 Å². The highest BCUT2D eigenvalue weighted by Gasteiger charge is 2.31. The average molecular weight is 1250 g/mol. The van der Waals surface area contributed by atoms with Gasteiger partial charge in [0.2, 0.25) is 0 Å². The molecule has 0 spiro atoms. The van der Waals surface area contributed by atoms with Crippen LogP contribution in [0.3, 0.4) is 0 Å². The molecule has 458 valence electrons. The molecule has 0 aliphatic carbocycles. The molecule has 0 aliphatic rings. The van der Waals surface area contributed by atoms with Crippen molar-refractivity contribution < 1.29 is 0 Å². The molecular formula is C92H60N6. The van der Waals surface area contributed by atoms with Crippen LogP contribution in [0.1, 0.15) is 16.7 Å². The van der Waals surface area contributed by atoms with Crippen LogP contribution in [0, 0.1) is 25.2 Å². The van der Waals surface area contributed by atoms with Gasteiger partial charge in [-0.2, -0.15) is 5.26 Å². The van der Waals surface area contributed by atoms with Crippen molar-refractivity contribution in [3.63, 3.8) is 0 Å². The van der Waals surface area contributed by atoms with Gasteiger partial charge in [-0.15, -0.1) is 0 Å². The number of hydrogen-bond donors (Lipinski definition) is 0. The molecule has 5 aromatic heterocycles. The van der Waals surface area contributed by atoms with Crippen molar-refractivity contribution in [1.29, 1.82) is 5.26 Å². The lowest BCUT2D eigenvalue weighted by molar-refractivity contribution is 1.16. The Labute approximate surface area is 566 Å². The minimum Gasteiger partial charge on any atom is -0.309 e. The summed E-state index contributed by atoms with van der Waals surface area (Å²) >= 11 is 0. The maximum atomic E-state index is 12.3. The topological polar surface area (TPSA) is 56.4 Å². The van der Waals surface area contributed by atoms with E-state index in [0.29, 0.717) is 11.3 Å². The zero-order valence-electron chi connectivity index (χ0n) is 53.9. The first-order valence-electron chi connectivity index (χ1n) is 33.5. The number of nitrogens with zero attached hydrogens (tertiary/aromatic N) is 6. The predicted molar refractivity (Wildman–Crippen MR) is 408 cm³/mol. The summed E-state index contributed by atoms with van der Waals surface area (Å²) in [6.07, 6.45) is 0. The van der Waals surface area contributed by atoms with E-state index in [4.69, 9.17) is 4.98 Å². The molecule has 0 radical (unpaired) electrons. The van der Waals surface area contributed by atoms with Crippen molar-refractivity contribution in [3.8, 4) is 95.8 Å². The molecule has 6 nitrogen and oxygen atoms in total. The fourth-order valence-corrected chi connectivity index (χ4v) is 16.0. The summed E-state index contributed by atoms with van der Waals surface area (Å²) in [5.74, 6) is 0. The monoisotopic (exact) mass is 1250 g/mol. The number of rotatable bonds is 10. The molecule has 0 saturated heterocycles. The van der Waals surface area contributed by atoms with Crippen molar-refractivity contribution in [2.75, 3.05) is 0 Å². The number of pyridine rings is 1. The van der Waals surface area contributed by atoms with Crippen LogP contribution in [-0.4, -0.2) is 23.3 Å². The molecule has 98 heavy (non-hydrogen) atoms. The molecule has 14 aromatic carbocycles. The maximum absolute atomic E-state index is 12.3. The van der Waals surface area contributed by atoms with Gasteiger partial charge in [0.1, 0.15) is 6.07 Å². The van der Waals surface area contributed by atoms with Crippen molar-refractivity contribution in [2.45, 2.75) is 13.8 Å². The molecule has 0 N–H and O–H groups in total. The van der Waals surface area contributed by atoms with Crippen LogP contribution in [0.25, 0.3) is 177 Å². The second-order valence-electron chi connectivity index (χ2n) is 25.7. The SMILES string of the molecule is Cc1ccccc1-c1c(C#N)c(-c2cccc(-c3ccccc3)n2)c(-c2ccccc2C)c(-c2ccc(-n3c4ccccc4c4cc(-n5c6ccccc6c6ccccc65)ccc43)cc2)c1-c1ccc(-n2c3ccccc3c3cc(-n4c5ccccc5c5ccccc54)ccc32)cc1. The molecule has 0 amide bonds. The first kappa shape index (κ1) is 56.5. The van der Waals surface area contributed by atoms with Gasteiger partial charge in [-0.3, -0.25) is 0 Å². The third-order valence-corrected chi connectivity index (χ3v) is 20.3. The van der Waals surface area contributed by atoms with Gasteiger partial charge in [0.25, 0.3) is 0 Å². The number of nitriles is 1. The van der Waals surface area contributed by atoms with E-state index >= 15 is 0 Å². The van der Waals surface area contributed by atoms with Gasteiger partial charge < -0.3 is 18.3 Å². The lowest BCUT2D eigenvalue weighted by atomic mass is 9.75. The Bertz CT molecular complexity index is 6400. The fraction of sp³-hybridized carbons (Fsp3) is 0.0217. The summed E-state index contributed by atoms with van der Waals surface area (Å²) < 4.78 is 9.62. The average Bonchev–Trinajstić information content (AvgIpc) is 0.799. The summed E-state index contributed by atoms with van der Waals surface area (Å²) in [4.78, 5) is 5.57. The van der Waals surface area contributed by atoms with Gasteiger partial charge in [-0.05, 0) is 168 Å². The molecule has 0 fully saturated rings. The van der Waals surface area contributed by atoms with Gasteiger partial charge >= 0.3 is 0 Å². The van der Waals surface area contributed by atoms with Crippen LogP contribution < -0.4 is 0 Å². The first-order valence-corrected chi connectivity index (χ1v) is 33.5. The van der Waals surface area contributed by atoms with Crippen LogP contribution in [0.5, 0.6) is 0 Å². The number of fused-ring (bicyclic) bond motifs is 12. The smallest absolute Gasteiger partial charge is 0.101 e. The Morgan fingerprint density at radius 2 is 0.571 bits per heavy atom. The Morgan fingerprint density at radius 1 is 0.245 bits per heavy atom. The molecule has 0 atom stereocenters. The number of aryl methyl sites for hydroxylation is 2. The number of aromatic nitrogens is 5. The van der Waals surface area contributed by atoms with Gasteiger partial charge in [-0.25, -0.2) is 4.98 Å². The highest BCUT2D eigenvalue weighted by atomic mass is 15.0. The minimum absolute atomic E-state index is 0.557. The summed E-state index contributed by atoms with van der Waals surface area (Å²) in [6.45, 7) is 4.34. The Morgan fingerprint density at radius 3 is 0.990 bits per heavy atom. The van der Waals surface area contributed by atoms with Crippen molar-refractivity contribution in [2.24, 2.45) is 0 Å². The van der Waals surface area contributed by atoms with Crippen LogP contribution in [0.15, 0.2) is 328 Å². The van der Waals surface area contributed by atoms with E-state index in [2.05, 4.69) is 360 Å². The van der Waals surface area contributed by atoms with Gasteiger partial charge in [-0.1, -0.05) is 218 Å². The van der Waals surface area contributed by atoms with E-state index in [9.17, 15) is 5.26 Å². The van der Waals surface area contributed by atoms with Crippen molar-refractivity contribution in [3.05, 3.63) is 344 Å². The van der Waals surface area contributed by atoms with Crippen LogP contribution in [-0.2, 0) is 0 Å². The van der Waals surface area contributed by atoms with E-state index in [1.807, 2.05) is 6.07 Å². The molecule has 6 heteroatoms. The molecule has 0 aliphatic heterocycles. The maximum Gasteiger partial charge on any atom is 0.101 e. The largest absolute Gasteiger partial charge is 0.309 e. The third kappa shape index (κ3) is 8.70. The second kappa shape index (κ2) is 22.6. The van der Waals surface area contributed by atoms with Gasteiger partial charge in [0.05, 0.1) is 61.1 Å². The van der Waals surface area contributed by atoms with Gasteiger partial charge in [0.15, 0.2) is 0 Å². The summed E-state index contributed by atoms with van der Waals surface area (Å²) in [6, 6.07) is 121. The van der Waals surface area contributed by atoms with Gasteiger partial charge in [0, 0.05) is 88.1 Å². The summed E-state index contributed by atoms with van der Waals surface area (Å²) in [5, 5.41) is 22.0. The first-order chi connectivity index (χ1) is 48.5. The number of hydrogen-bond acceptors (Lipinski definition) is 2. The lowest BCUT2D eigenvalue weighted by Gasteiger charge is -2.27. The van der Waals surface area contributed by atoms with E-state index in [1.165, 1.54) is 65.2 Å². The van der Waals surface area contributed by atoms with Crippen molar-refractivity contribution >= 4 is 87.2 Å². The molecule has 0 unspecified atom stereocenters. The quantitative estimate of drug-likeness (QED) is 0.137. The zero-order chi connectivity index (χ0) is 65.1. The standard InChI is InChI=1S/C92H60N6/c1-58-23-6-8-27-67(58)90-77(57-93)91(79-36-22-35-78(94-79)60-25-4-3-5-26-60)92(68-28-9-7-24-59(68)2)89(62-45-49-64(50-46-62)96-85-42-21-15-34-74(85)76-56-66(52-54-87(76)96)98-82-39-18-12-31-71(82)72-32-13-19-40-83(72)98)88(90)61-43-47-63(48-44-61)95-84-41-20-14-33-73(84)75-55-65(51-53-86(75)95)97-80-37-16-10-29-69(80)70-30-11-17-38-81(70)97/h3-56H,1-2H3. The highest BCUT2D eigenvalue weighted by Crippen LogP contribution is 2.54. The van der Waals surface area contributed by atoms with E-state index in [1.54, 1.807) is 0 Å². The molecule has 0 saturated carbocycles. The number of para-hydroxylation sites is 6. The molecule has 5 heterocycles. The Balaban J connectivity index is 0.849. The fourth-order valence-electron chi connectivity index (χ4n) is 16.0. The Hall–Kier alpha value is -13.1. The van der Waals surface area contributed by atoms with Crippen molar-refractivity contribution in [1.82, 2.24) is 23.3 Å². The zero-order valence-corrected chi connectivity index (χ0v) is 53.9. The van der Waals surface area contributed by atoms with E-state index in [0.717, 1.165) is 117 Å².